The third-order valence-electron chi connectivity index (χ3n) is 4.72. The molecule has 1 aliphatic rings. The fraction of sp³-hybridized carbons (Fsp3) is 0.600. The average Bonchev–Trinajstić information content (AvgIpc) is 2.50. The highest BCUT2D eigenvalue weighted by Gasteiger charge is 2.27. The van der Waals surface area contributed by atoms with Gasteiger partial charge in [-0.25, -0.2) is 4.79 Å². The van der Waals surface area contributed by atoms with Crippen LogP contribution in [0.25, 0.3) is 0 Å². The minimum atomic E-state index is -0.0900. The van der Waals surface area contributed by atoms with Gasteiger partial charge in [-0.15, -0.1) is 0 Å². The van der Waals surface area contributed by atoms with Crippen LogP contribution in [-0.4, -0.2) is 29.4 Å². The van der Waals surface area contributed by atoms with Gasteiger partial charge in [-0.05, 0) is 68.7 Å². The van der Waals surface area contributed by atoms with Gasteiger partial charge in [0.15, 0.2) is 0 Å². The van der Waals surface area contributed by atoms with Crippen molar-refractivity contribution in [1.29, 1.82) is 0 Å². The second-order valence-corrected chi connectivity index (χ2v) is 7.57. The highest BCUT2D eigenvalue weighted by molar-refractivity contribution is 5.93. The lowest BCUT2D eigenvalue weighted by Gasteiger charge is -2.36. The Kier molecular flexibility index (Phi) is 6.45. The first-order valence-electron chi connectivity index (χ1n) is 9.24. The molecule has 0 aliphatic carbocycles. The summed E-state index contributed by atoms with van der Waals surface area (Å²) in [5, 5.41) is 5.90. The normalized spacial score (nSPS) is 17.5. The summed E-state index contributed by atoms with van der Waals surface area (Å²) in [4.78, 5) is 26.1. The molecule has 5 heteroatoms. The standard InChI is InChI=1S/C20H31N3O2/c1-13(2)10-18-8-6-7-9-23(18)20(25)22-17-11-14(3)19(15(4)12-17)21-16(5)24/h11-13,18H,6-10H2,1-5H3,(H,21,24)(H,22,25). The van der Waals surface area contributed by atoms with Crippen molar-refractivity contribution < 1.29 is 9.59 Å². The summed E-state index contributed by atoms with van der Waals surface area (Å²) in [5.74, 6) is 0.493. The number of nitrogens with zero attached hydrogens (tertiary/aromatic N) is 1. The smallest absolute Gasteiger partial charge is 0.322 e. The minimum absolute atomic E-state index is 0.0172. The summed E-state index contributed by atoms with van der Waals surface area (Å²) >= 11 is 0. The zero-order chi connectivity index (χ0) is 18.6. The number of carbonyl (C=O) groups is 2. The highest BCUT2D eigenvalue weighted by atomic mass is 16.2. The summed E-state index contributed by atoms with van der Waals surface area (Å²) in [6, 6.07) is 4.14. The molecule has 2 N–H and O–H groups in total. The van der Waals surface area contributed by atoms with Crippen LogP contribution in [-0.2, 0) is 4.79 Å². The van der Waals surface area contributed by atoms with E-state index >= 15 is 0 Å². The number of likely N-dealkylation sites (tertiary alicyclic amines) is 1. The van der Waals surface area contributed by atoms with Gasteiger partial charge in [-0.2, -0.15) is 0 Å². The van der Waals surface area contributed by atoms with Crippen LogP contribution in [0, 0.1) is 19.8 Å². The number of nitrogens with one attached hydrogen (secondary N) is 2. The van der Waals surface area contributed by atoms with Crippen LogP contribution < -0.4 is 10.6 Å². The molecule has 0 saturated carbocycles. The second kappa shape index (κ2) is 8.37. The van der Waals surface area contributed by atoms with E-state index < -0.39 is 0 Å². The first-order chi connectivity index (χ1) is 11.8. The first kappa shape index (κ1) is 19.3. The van der Waals surface area contributed by atoms with Crippen LogP contribution in [0.5, 0.6) is 0 Å². The van der Waals surface area contributed by atoms with E-state index in [4.69, 9.17) is 0 Å². The molecule has 138 valence electrons. The predicted octanol–water partition coefficient (Wildman–Crippen LogP) is 4.69. The zero-order valence-corrected chi connectivity index (χ0v) is 16.1. The largest absolute Gasteiger partial charge is 0.326 e. The lowest BCUT2D eigenvalue weighted by atomic mass is 9.94. The van der Waals surface area contributed by atoms with Gasteiger partial charge in [-0.3, -0.25) is 4.79 Å². The van der Waals surface area contributed by atoms with Crippen molar-refractivity contribution in [3.8, 4) is 0 Å². The predicted molar refractivity (Wildman–Crippen MR) is 103 cm³/mol. The summed E-state index contributed by atoms with van der Waals surface area (Å²) in [7, 11) is 0. The number of hydrogen-bond donors (Lipinski definition) is 2. The SMILES string of the molecule is CC(=O)Nc1c(C)cc(NC(=O)N2CCCCC2CC(C)C)cc1C. The van der Waals surface area contributed by atoms with Crippen LogP contribution in [0.4, 0.5) is 16.2 Å². The second-order valence-electron chi connectivity index (χ2n) is 7.57. The van der Waals surface area contributed by atoms with Gasteiger partial charge < -0.3 is 15.5 Å². The average molecular weight is 345 g/mol. The maximum Gasteiger partial charge on any atom is 0.322 e. The molecule has 1 atom stereocenters. The molecule has 1 aromatic carbocycles. The summed E-state index contributed by atoms with van der Waals surface area (Å²) < 4.78 is 0. The molecule has 0 bridgehead atoms. The molecule has 0 spiro atoms. The topological polar surface area (TPSA) is 61.4 Å². The van der Waals surface area contributed by atoms with E-state index in [1.807, 2.05) is 30.9 Å². The summed E-state index contributed by atoms with van der Waals surface area (Å²) in [5.41, 5.74) is 3.50. The Morgan fingerprint density at radius 1 is 1.16 bits per heavy atom. The number of rotatable bonds is 4. The number of amides is 3. The van der Waals surface area contributed by atoms with Gasteiger partial charge in [0, 0.05) is 30.9 Å². The van der Waals surface area contributed by atoms with Crippen molar-refractivity contribution in [2.75, 3.05) is 17.2 Å². The number of carbonyl (C=O) groups excluding carboxylic acids is 2. The number of piperidine rings is 1. The Morgan fingerprint density at radius 3 is 2.36 bits per heavy atom. The van der Waals surface area contributed by atoms with Gasteiger partial charge >= 0.3 is 6.03 Å². The van der Waals surface area contributed by atoms with Crippen molar-refractivity contribution in [2.45, 2.75) is 66.3 Å². The number of anilines is 2. The lowest BCUT2D eigenvalue weighted by Crippen LogP contribution is -2.46. The molecule has 5 nitrogen and oxygen atoms in total. The van der Waals surface area contributed by atoms with Gasteiger partial charge in [-0.1, -0.05) is 13.8 Å². The van der Waals surface area contributed by atoms with Crippen LogP contribution in [0.15, 0.2) is 12.1 Å². The van der Waals surface area contributed by atoms with Gasteiger partial charge in [0.1, 0.15) is 0 Å². The number of hydrogen-bond acceptors (Lipinski definition) is 2. The number of benzene rings is 1. The van der Waals surface area contributed by atoms with Crippen molar-refractivity contribution in [3.63, 3.8) is 0 Å². The van der Waals surface area contributed by atoms with Gasteiger partial charge in [0.05, 0.1) is 0 Å². The van der Waals surface area contributed by atoms with Crippen molar-refractivity contribution in [2.24, 2.45) is 5.92 Å². The molecule has 2 rings (SSSR count). The van der Waals surface area contributed by atoms with E-state index in [1.165, 1.54) is 13.3 Å². The van der Waals surface area contributed by atoms with E-state index in [9.17, 15) is 9.59 Å². The van der Waals surface area contributed by atoms with Crippen LogP contribution in [0.3, 0.4) is 0 Å². The van der Waals surface area contributed by atoms with Gasteiger partial charge in [0.2, 0.25) is 5.91 Å². The minimum Gasteiger partial charge on any atom is -0.326 e. The van der Waals surface area contributed by atoms with E-state index in [2.05, 4.69) is 24.5 Å². The van der Waals surface area contributed by atoms with E-state index in [0.29, 0.717) is 12.0 Å². The lowest BCUT2D eigenvalue weighted by molar-refractivity contribution is -0.114. The first-order valence-corrected chi connectivity index (χ1v) is 9.24. The molecule has 25 heavy (non-hydrogen) atoms. The van der Waals surface area contributed by atoms with E-state index in [-0.39, 0.29) is 11.9 Å². The molecule has 1 fully saturated rings. The molecule has 1 heterocycles. The molecular weight excluding hydrogens is 314 g/mol. The molecule has 1 aromatic rings. The van der Waals surface area contributed by atoms with E-state index in [1.54, 1.807) is 0 Å². The molecule has 1 unspecified atom stereocenters. The number of aryl methyl sites for hydroxylation is 2. The summed E-state index contributed by atoms with van der Waals surface area (Å²) in [6.07, 6.45) is 4.41. The third kappa shape index (κ3) is 5.21. The Morgan fingerprint density at radius 2 is 1.80 bits per heavy atom. The molecule has 1 saturated heterocycles. The Hall–Kier alpha value is -2.04. The fourth-order valence-corrected chi connectivity index (χ4v) is 3.66. The molecule has 3 amide bonds. The maximum atomic E-state index is 12.8. The Balaban J connectivity index is 2.12. The number of urea groups is 1. The van der Waals surface area contributed by atoms with E-state index in [0.717, 1.165) is 48.3 Å². The fourth-order valence-electron chi connectivity index (χ4n) is 3.66. The van der Waals surface area contributed by atoms with Gasteiger partial charge in [0.25, 0.3) is 0 Å². The zero-order valence-electron chi connectivity index (χ0n) is 16.1. The summed E-state index contributed by atoms with van der Waals surface area (Å²) in [6.45, 7) is 10.6. The van der Waals surface area contributed by atoms with Crippen molar-refractivity contribution >= 4 is 23.3 Å². The third-order valence-corrected chi connectivity index (χ3v) is 4.72. The maximum absolute atomic E-state index is 12.8. The van der Waals surface area contributed by atoms with Crippen molar-refractivity contribution in [1.82, 2.24) is 4.90 Å². The molecule has 0 aromatic heterocycles. The van der Waals surface area contributed by atoms with Crippen molar-refractivity contribution in [3.05, 3.63) is 23.3 Å². The Bertz CT molecular complexity index is 617. The quantitative estimate of drug-likeness (QED) is 0.831. The Labute approximate surface area is 151 Å². The van der Waals surface area contributed by atoms with Crippen LogP contribution >= 0.6 is 0 Å². The van der Waals surface area contributed by atoms with Crippen LogP contribution in [0.2, 0.25) is 0 Å². The van der Waals surface area contributed by atoms with Crippen LogP contribution in [0.1, 0.15) is 57.6 Å². The molecular formula is C20H31N3O2. The molecule has 1 aliphatic heterocycles. The monoisotopic (exact) mass is 345 g/mol. The highest BCUT2D eigenvalue weighted by Crippen LogP contribution is 2.27. The molecule has 0 radical (unpaired) electrons.